The predicted molar refractivity (Wildman–Crippen MR) is 86.2 cm³/mol. The summed E-state index contributed by atoms with van der Waals surface area (Å²) in [5, 5.41) is 2.65. The van der Waals surface area contributed by atoms with Crippen molar-refractivity contribution in [2.45, 2.75) is 25.7 Å². The molecular formula is C15H23ClN2O4. The minimum Gasteiger partial charge on any atom is -0.472 e. The first kappa shape index (κ1) is 20.2. The monoisotopic (exact) mass is 330 g/mol. The molecule has 7 heteroatoms. The molecule has 0 radical (unpaired) electrons. The summed E-state index contributed by atoms with van der Waals surface area (Å²) >= 11 is 0. The maximum absolute atomic E-state index is 11.6. The van der Waals surface area contributed by atoms with Crippen LogP contribution in [0.1, 0.15) is 36.0 Å². The van der Waals surface area contributed by atoms with E-state index >= 15 is 0 Å². The molecule has 0 saturated heterocycles. The molecule has 22 heavy (non-hydrogen) atoms. The SMILES string of the molecule is COC(=O)c1ccccc1OCNC(=O)CCCCCN.Cl. The molecular weight excluding hydrogens is 308 g/mol. The van der Waals surface area contributed by atoms with Crippen LogP contribution < -0.4 is 15.8 Å². The van der Waals surface area contributed by atoms with Gasteiger partial charge in [-0.15, -0.1) is 12.4 Å². The van der Waals surface area contributed by atoms with Crippen molar-refractivity contribution in [3.8, 4) is 5.75 Å². The minimum absolute atomic E-state index is 0. The molecule has 1 amide bonds. The van der Waals surface area contributed by atoms with Gasteiger partial charge in [0, 0.05) is 6.42 Å². The highest BCUT2D eigenvalue weighted by Gasteiger charge is 2.12. The normalized spacial score (nSPS) is 9.55. The van der Waals surface area contributed by atoms with Gasteiger partial charge in [-0.3, -0.25) is 4.79 Å². The Labute approximate surface area is 136 Å². The molecule has 0 heterocycles. The second-order valence-electron chi connectivity index (χ2n) is 4.48. The molecule has 0 unspecified atom stereocenters. The van der Waals surface area contributed by atoms with E-state index in [2.05, 4.69) is 10.1 Å². The maximum Gasteiger partial charge on any atom is 0.341 e. The van der Waals surface area contributed by atoms with E-state index in [1.54, 1.807) is 24.3 Å². The van der Waals surface area contributed by atoms with E-state index in [0.717, 1.165) is 19.3 Å². The first-order valence-corrected chi connectivity index (χ1v) is 6.96. The molecule has 0 bridgehead atoms. The van der Waals surface area contributed by atoms with Crippen molar-refractivity contribution in [1.29, 1.82) is 0 Å². The molecule has 0 atom stereocenters. The molecule has 124 valence electrons. The number of halogens is 1. The van der Waals surface area contributed by atoms with Crippen LogP contribution in [0.5, 0.6) is 5.75 Å². The molecule has 0 fully saturated rings. The zero-order valence-electron chi connectivity index (χ0n) is 12.7. The lowest BCUT2D eigenvalue weighted by molar-refractivity contribution is -0.122. The Kier molecular flexibility index (Phi) is 10.9. The van der Waals surface area contributed by atoms with E-state index in [1.807, 2.05) is 0 Å². The van der Waals surface area contributed by atoms with Gasteiger partial charge in [0.25, 0.3) is 0 Å². The quantitative estimate of drug-likeness (QED) is 0.410. The van der Waals surface area contributed by atoms with E-state index in [9.17, 15) is 9.59 Å². The van der Waals surface area contributed by atoms with E-state index in [1.165, 1.54) is 7.11 Å². The fourth-order valence-electron chi connectivity index (χ4n) is 1.76. The average molecular weight is 331 g/mol. The molecule has 0 aliphatic heterocycles. The van der Waals surface area contributed by atoms with E-state index in [0.29, 0.717) is 24.3 Å². The van der Waals surface area contributed by atoms with Crippen molar-refractivity contribution in [2.75, 3.05) is 20.4 Å². The number of benzene rings is 1. The third-order valence-electron chi connectivity index (χ3n) is 2.90. The summed E-state index contributed by atoms with van der Waals surface area (Å²) in [6.07, 6.45) is 3.12. The van der Waals surface area contributed by atoms with E-state index < -0.39 is 5.97 Å². The highest BCUT2D eigenvalue weighted by atomic mass is 35.5. The van der Waals surface area contributed by atoms with E-state index in [-0.39, 0.29) is 25.0 Å². The zero-order valence-corrected chi connectivity index (χ0v) is 13.5. The lowest BCUT2D eigenvalue weighted by Crippen LogP contribution is -2.27. The second-order valence-corrected chi connectivity index (χ2v) is 4.48. The molecule has 0 aromatic heterocycles. The smallest absolute Gasteiger partial charge is 0.341 e. The van der Waals surface area contributed by atoms with Crippen LogP contribution in [-0.2, 0) is 9.53 Å². The van der Waals surface area contributed by atoms with Crippen LogP contribution in [-0.4, -0.2) is 32.3 Å². The lowest BCUT2D eigenvalue weighted by atomic mass is 10.2. The molecule has 0 spiro atoms. The van der Waals surface area contributed by atoms with Crippen molar-refractivity contribution in [1.82, 2.24) is 5.32 Å². The van der Waals surface area contributed by atoms with Gasteiger partial charge in [-0.2, -0.15) is 0 Å². The Morgan fingerprint density at radius 2 is 1.91 bits per heavy atom. The summed E-state index contributed by atoms with van der Waals surface area (Å²) in [5.74, 6) is -0.172. The Morgan fingerprint density at radius 1 is 1.18 bits per heavy atom. The van der Waals surface area contributed by atoms with Gasteiger partial charge in [-0.1, -0.05) is 18.6 Å². The number of para-hydroxylation sites is 1. The highest BCUT2D eigenvalue weighted by molar-refractivity contribution is 5.92. The van der Waals surface area contributed by atoms with Crippen LogP contribution in [0.25, 0.3) is 0 Å². The number of unbranched alkanes of at least 4 members (excludes halogenated alkanes) is 2. The van der Waals surface area contributed by atoms with Crippen molar-refractivity contribution < 1.29 is 19.1 Å². The Balaban J connectivity index is 0.00000441. The Hall–Kier alpha value is -1.79. The standard InChI is InChI=1S/C15H22N2O4.ClH/c1-20-15(19)12-7-4-5-8-13(12)21-11-17-14(18)9-3-2-6-10-16;/h4-5,7-8H,2-3,6,9-11,16H2,1H3,(H,17,18);1H. The number of hydrogen-bond donors (Lipinski definition) is 2. The molecule has 1 aromatic carbocycles. The minimum atomic E-state index is -0.473. The van der Waals surface area contributed by atoms with E-state index in [4.69, 9.17) is 10.5 Å². The summed E-state index contributed by atoms with van der Waals surface area (Å²) in [4.78, 5) is 23.1. The summed E-state index contributed by atoms with van der Waals surface area (Å²) in [6, 6.07) is 6.72. The number of methoxy groups -OCH3 is 1. The van der Waals surface area contributed by atoms with Gasteiger partial charge in [-0.25, -0.2) is 4.79 Å². The van der Waals surface area contributed by atoms with Crippen molar-refractivity contribution in [3.05, 3.63) is 29.8 Å². The van der Waals surface area contributed by atoms with Crippen molar-refractivity contribution in [2.24, 2.45) is 5.73 Å². The van der Waals surface area contributed by atoms with Crippen molar-refractivity contribution in [3.63, 3.8) is 0 Å². The molecule has 6 nitrogen and oxygen atoms in total. The third kappa shape index (κ3) is 7.28. The first-order chi connectivity index (χ1) is 10.2. The van der Waals surface area contributed by atoms with Crippen LogP contribution in [0.3, 0.4) is 0 Å². The van der Waals surface area contributed by atoms with Gasteiger partial charge < -0.3 is 20.5 Å². The third-order valence-corrected chi connectivity index (χ3v) is 2.90. The Bertz CT molecular complexity index is 469. The first-order valence-electron chi connectivity index (χ1n) is 6.96. The van der Waals surface area contributed by atoms with Gasteiger partial charge in [0.1, 0.15) is 11.3 Å². The molecule has 3 N–H and O–H groups in total. The molecule has 0 aliphatic rings. The van der Waals surface area contributed by atoms with Crippen LogP contribution in [0.2, 0.25) is 0 Å². The summed E-state index contributed by atoms with van der Waals surface area (Å²) in [6.45, 7) is 0.665. The van der Waals surface area contributed by atoms with Crippen LogP contribution in [0.4, 0.5) is 0 Å². The number of carbonyl (C=O) groups is 2. The van der Waals surface area contributed by atoms with Crippen LogP contribution in [0, 0.1) is 0 Å². The highest BCUT2D eigenvalue weighted by Crippen LogP contribution is 2.18. The van der Waals surface area contributed by atoms with Gasteiger partial charge in [0.05, 0.1) is 7.11 Å². The predicted octanol–water partition coefficient (Wildman–Crippen LogP) is 1.87. The second kappa shape index (κ2) is 11.8. The van der Waals surface area contributed by atoms with Crippen LogP contribution in [0.15, 0.2) is 24.3 Å². The number of ether oxygens (including phenoxy) is 2. The maximum atomic E-state index is 11.6. The van der Waals surface area contributed by atoms with Gasteiger partial charge in [0.15, 0.2) is 6.73 Å². The molecule has 0 aliphatic carbocycles. The number of hydrogen-bond acceptors (Lipinski definition) is 5. The van der Waals surface area contributed by atoms with Gasteiger partial charge >= 0.3 is 5.97 Å². The number of nitrogens with one attached hydrogen (secondary N) is 1. The fraction of sp³-hybridized carbons (Fsp3) is 0.467. The average Bonchev–Trinajstić information content (AvgIpc) is 2.51. The number of amides is 1. The topological polar surface area (TPSA) is 90.6 Å². The number of esters is 1. The fourth-order valence-corrected chi connectivity index (χ4v) is 1.76. The van der Waals surface area contributed by atoms with Gasteiger partial charge in [0.2, 0.25) is 5.91 Å². The lowest BCUT2D eigenvalue weighted by Gasteiger charge is -2.11. The van der Waals surface area contributed by atoms with Crippen LogP contribution >= 0.6 is 12.4 Å². The molecule has 1 rings (SSSR count). The summed E-state index contributed by atoms with van der Waals surface area (Å²) in [5.41, 5.74) is 5.71. The summed E-state index contributed by atoms with van der Waals surface area (Å²) in [7, 11) is 1.31. The summed E-state index contributed by atoms with van der Waals surface area (Å²) < 4.78 is 10.1. The van der Waals surface area contributed by atoms with Crippen molar-refractivity contribution >= 4 is 24.3 Å². The molecule has 0 saturated carbocycles. The number of rotatable bonds is 9. The Morgan fingerprint density at radius 3 is 2.59 bits per heavy atom. The number of nitrogens with two attached hydrogens (primary N) is 1. The van der Waals surface area contributed by atoms with Gasteiger partial charge in [-0.05, 0) is 31.5 Å². The largest absolute Gasteiger partial charge is 0.472 e. The number of carbonyl (C=O) groups excluding carboxylic acids is 2. The molecule has 1 aromatic rings. The zero-order chi connectivity index (χ0) is 15.5.